The number of nitrogens with zero attached hydrogens (tertiary/aromatic N) is 3. The van der Waals surface area contributed by atoms with Gasteiger partial charge < -0.3 is 10.1 Å². The fraction of sp³-hybridized carbons (Fsp3) is 0.0385. The molecule has 1 N–H and O–H groups in total. The number of hydrogen-bond donors (Lipinski definition) is 1. The van der Waals surface area contributed by atoms with Crippen molar-refractivity contribution in [1.29, 1.82) is 0 Å². The second-order valence-corrected chi connectivity index (χ2v) is 6.92. The van der Waals surface area contributed by atoms with Crippen LogP contribution in [0.25, 0.3) is 16.6 Å². The number of anilines is 1. The number of hydrogen-bond acceptors (Lipinski definition) is 5. The molecule has 3 aromatic heterocycles. The molecule has 0 aliphatic rings. The van der Waals surface area contributed by atoms with Crippen LogP contribution in [-0.4, -0.2) is 14.5 Å². The van der Waals surface area contributed by atoms with Gasteiger partial charge in [-0.2, -0.15) is 0 Å². The molecule has 4 rings (SSSR count). The van der Waals surface area contributed by atoms with Crippen LogP contribution in [0.3, 0.4) is 0 Å². The molecule has 0 aliphatic heterocycles. The molecule has 158 valence electrons. The van der Waals surface area contributed by atoms with E-state index in [0.717, 1.165) is 16.9 Å². The van der Waals surface area contributed by atoms with Crippen LogP contribution < -0.4 is 15.5 Å². The van der Waals surface area contributed by atoms with E-state index in [1.54, 1.807) is 55.0 Å². The predicted octanol–water partition coefficient (Wildman–Crippen LogP) is 5.03. The maximum atomic E-state index is 12.9. The Hall–Kier alpha value is -4.45. The molecule has 0 unspecified atom stereocenters. The van der Waals surface area contributed by atoms with Gasteiger partial charge in [0, 0.05) is 36.0 Å². The van der Waals surface area contributed by atoms with Crippen molar-refractivity contribution in [3.63, 3.8) is 0 Å². The molecule has 0 atom stereocenters. The van der Waals surface area contributed by atoms with Gasteiger partial charge in [-0.05, 0) is 42.5 Å². The molecule has 1 aromatic carbocycles. The molecular formula is C26H22N4O2. The Kier molecular flexibility index (Phi) is 6.22. The Balaban J connectivity index is 1.85. The fourth-order valence-corrected chi connectivity index (χ4v) is 3.31. The summed E-state index contributed by atoms with van der Waals surface area (Å²) in [4.78, 5) is 21.3. The second kappa shape index (κ2) is 9.57. The van der Waals surface area contributed by atoms with E-state index in [9.17, 15) is 4.79 Å². The lowest BCUT2D eigenvalue weighted by Gasteiger charge is -2.19. The number of aromatic nitrogens is 3. The largest absolute Gasteiger partial charge is 0.487 e. The summed E-state index contributed by atoms with van der Waals surface area (Å²) in [5, 5.41) is 3.80. The molecule has 3 heterocycles. The van der Waals surface area contributed by atoms with Crippen molar-refractivity contribution in [2.75, 3.05) is 5.32 Å². The van der Waals surface area contributed by atoms with Gasteiger partial charge in [0.05, 0.1) is 16.6 Å². The zero-order valence-electron chi connectivity index (χ0n) is 17.4. The summed E-state index contributed by atoms with van der Waals surface area (Å²) in [6.07, 6.45) is 10.1. The monoisotopic (exact) mass is 422 g/mol. The third-order valence-electron chi connectivity index (χ3n) is 4.79. The number of benzene rings is 1. The van der Waals surface area contributed by atoms with Gasteiger partial charge >= 0.3 is 0 Å². The molecule has 0 bridgehead atoms. The first-order valence-corrected chi connectivity index (χ1v) is 10.0. The van der Waals surface area contributed by atoms with Crippen LogP contribution in [0, 0.1) is 0 Å². The molecule has 0 radical (unpaired) electrons. The molecule has 0 fully saturated rings. The van der Waals surface area contributed by atoms with Crippen LogP contribution in [0.1, 0.15) is 5.69 Å². The highest BCUT2D eigenvalue weighted by atomic mass is 16.5. The number of rotatable bonds is 8. The highest BCUT2D eigenvalue weighted by molar-refractivity contribution is 5.83. The molecule has 4 aromatic rings. The zero-order chi connectivity index (χ0) is 22.3. The minimum atomic E-state index is -0.134. The molecule has 0 saturated heterocycles. The third kappa shape index (κ3) is 4.49. The van der Waals surface area contributed by atoms with E-state index >= 15 is 0 Å². The van der Waals surface area contributed by atoms with E-state index in [0.29, 0.717) is 22.6 Å². The van der Waals surface area contributed by atoms with Crippen LogP contribution in [0.5, 0.6) is 5.75 Å². The summed E-state index contributed by atoms with van der Waals surface area (Å²) in [6.45, 7) is 7.83. The smallest absolute Gasteiger partial charge is 0.193 e. The molecule has 0 saturated carbocycles. The highest BCUT2D eigenvalue weighted by Crippen LogP contribution is 2.24. The summed E-state index contributed by atoms with van der Waals surface area (Å²) in [6, 6.07) is 16.8. The first kappa shape index (κ1) is 20.8. The molecule has 0 spiro atoms. The highest BCUT2D eigenvalue weighted by Gasteiger charge is 2.13. The number of nitrogens with one attached hydrogen (secondary N) is 1. The summed E-state index contributed by atoms with van der Waals surface area (Å²) in [5.41, 5.74) is 2.90. The van der Waals surface area contributed by atoms with E-state index in [4.69, 9.17) is 4.74 Å². The lowest BCUT2D eigenvalue weighted by atomic mass is 10.2. The molecular weight excluding hydrogens is 400 g/mol. The van der Waals surface area contributed by atoms with Gasteiger partial charge in [0.1, 0.15) is 18.2 Å². The summed E-state index contributed by atoms with van der Waals surface area (Å²) in [7, 11) is 0. The summed E-state index contributed by atoms with van der Waals surface area (Å²) in [5.74, 6) is 1.30. The van der Waals surface area contributed by atoms with Gasteiger partial charge in [-0.25, -0.2) is 0 Å². The van der Waals surface area contributed by atoms with Crippen molar-refractivity contribution in [1.82, 2.24) is 14.5 Å². The van der Waals surface area contributed by atoms with Crippen molar-refractivity contribution in [3.8, 4) is 11.4 Å². The molecule has 6 heteroatoms. The van der Waals surface area contributed by atoms with E-state index in [2.05, 4.69) is 28.4 Å². The van der Waals surface area contributed by atoms with Crippen molar-refractivity contribution in [2.45, 2.75) is 6.61 Å². The van der Waals surface area contributed by atoms with E-state index in [1.165, 1.54) is 0 Å². The minimum Gasteiger partial charge on any atom is -0.487 e. The number of allylic oxidation sites excluding steroid dienone is 3. The van der Waals surface area contributed by atoms with Crippen molar-refractivity contribution in [2.24, 2.45) is 0 Å². The number of pyridine rings is 3. The Bertz CT molecular complexity index is 1340. The average molecular weight is 422 g/mol. The first-order chi connectivity index (χ1) is 15.7. The Morgan fingerprint density at radius 1 is 1.09 bits per heavy atom. The third-order valence-corrected chi connectivity index (χ3v) is 4.79. The average Bonchev–Trinajstić information content (AvgIpc) is 2.83. The first-order valence-electron chi connectivity index (χ1n) is 10.0. The van der Waals surface area contributed by atoms with E-state index in [-0.39, 0.29) is 12.0 Å². The van der Waals surface area contributed by atoms with Gasteiger partial charge in [0.2, 0.25) is 0 Å². The Morgan fingerprint density at radius 2 is 1.88 bits per heavy atom. The molecule has 0 amide bonds. The normalized spacial score (nSPS) is 11.2. The van der Waals surface area contributed by atoms with Gasteiger partial charge in [0.15, 0.2) is 5.43 Å². The summed E-state index contributed by atoms with van der Waals surface area (Å²) < 4.78 is 7.80. The number of ether oxygens (including phenoxy) is 1. The number of fused-ring (bicyclic) bond motifs is 1. The van der Waals surface area contributed by atoms with E-state index in [1.807, 2.05) is 41.0 Å². The topological polar surface area (TPSA) is 69.0 Å². The summed E-state index contributed by atoms with van der Waals surface area (Å²) >= 11 is 0. The Labute approximate surface area is 185 Å². The van der Waals surface area contributed by atoms with Gasteiger partial charge in [-0.3, -0.25) is 19.3 Å². The molecule has 0 aliphatic carbocycles. The number of para-hydroxylation sites is 1. The van der Waals surface area contributed by atoms with Crippen LogP contribution in [0.2, 0.25) is 0 Å². The van der Waals surface area contributed by atoms with Crippen LogP contribution in [-0.2, 0) is 6.61 Å². The van der Waals surface area contributed by atoms with Gasteiger partial charge in [-0.1, -0.05) is 37.4 Å². The molecule has 32 heavy (non-hydrogen) atoms. The van der Waals surface area contributed by atoms with Crippen molar-refractivity contribution in [3.05, 3.63) is 126 Å². The van der Waals surface area contributed by atoms with E-state index < -0.39 is 0 Å². The zero-order valence-corrected chi connectivity index (χ0v) is 17.4. The predicted molar refractivity (Wildman–Crippen MR) is 128 cm³/mol. The van der Waals surface area contributed by atoms with Crippen molar-refractivity contribution >= 4 is 16.7 Å². The maximum absolute atomic E-state index is 12.9. The van der Waals surface area contributed by atoms with Crippen LogP contribution >= 0.6 is 0 Å². The maximum Gasteiger partial charge on any atom is 0.193 e. The van der Waals surface area contributed by atoms with Crippen LogP contribution in [0.15, 0.2) is 115 Å². The minimum absolute atomic E-state index is 0.134. The van der Waals surface area contributed by atoms with Gasteiger partial charge in [-0.15, -0.1) is 0 Å². The Morgan fingerprint density at radius 3 is 2.59 bits per heavy atom. The van der Waals surface area contributed by atoms with Crippen LogP contribution in [0.4, 0.5) is 5.82 Å². The van der Waals surface area contributed by atoms with Gasteiger partial charge in [0.25, 0.3) is 0 Å². The quantitative estimate of drug-likeness (QED) is 0.404. The second-order valence-electron chi connectivity index (χ2n) is 6.92. The standard InChI is InChI=1S/C26H22N4O2/c1-3-8-19(4-2)29-26-16-25(31)23-17-28-20(18-32-22-11-13-27-14-12-22)15-24(23)30(26)21-9-6-5-7-10-21/h3-17,29H,1-2,18H2/b19-8+. The lowest BCUT2D eigenvalue weighted by molar-refractivity contribution is 0.301. The fourth-order valence-electron chi connectivity index (χ4n) is 3.31. The molecule has 6 nitrogen and oxygen atoms in total. The SMILES string of the molecule is C=C/C=C(\C=C)Nc1cc(=O)c2cnc(COc3ccncc3)cc2n1-c1ccccc1. The lowest BCUT2D eigenvalue weighted by Crippen LogP contribution is -2.15. The van der Waals surface area contributed by atoms with Crippen molar-refractivity contribution < 1.29 is 4.74 Å².